The Labute approximate surface area is 208 Å². The molecular weight excluding hydrogens is 525 g/mol. The van der Waals surface area contributed by atoms with Gasteiger partial charge in [0.05, 0.1) is 6.26 Å². The van der Waals surface area contributed by atoms with Crippen LogP contribution in [0.15, 0.2) is 27.8 Å². The van der Waals surface area contributed by atoms with E-state index in [9.17, 15) is 9.59 Å². The maximum atomic E-state index is 12.4. The maximum absolute atomic E-state index is 12.4. The van der Waals surface area contributed by atoms with Gasteiger partial charge >= 0.3 is 6.09 Å². The van der Waals surface area contributed by atoms with Gasteiger partial charge in [-0.15, -0.1) is 24.0 Å². The monoisotopic (exact) mass is 563 g/mol. The largest absolute Gasteiger partial charge is 0.459 e. The molecule has 1 aliphatic heterocycles. The van der Waals surface area contributed by atoms with Crippen LogP contribution in [0.2, 0.25) is 0 Å². The van der Waals surface area contributed by atoms with Gasteiger partial charge in [-0.3, -0.25) is 9.79 Å². The summed E-state index contributed by atoms with van der Waals surface area (Å²) < 4.78 is 10.6. The fourth-order valence-electron chi connectivity index (χ4n) is 3.48. The van der Waals surface area contributed by atoms with Crippen molar-refractivity contribution in [3.63, 3.8) is 0 Å². The third-order valence-electron chi connectivity index (χ3n) is 5.08. The van der Waals surface area contributed by atoms with Gasteiger partial charge in [-0.05, 0) is 58.6 Å². The Kier molecular flexibility index (Phi) is 11.9. The highest BCUT2D eigenvalue weighted by Gasteiger charge is 2.27. The molecule has 1 aromatic rings. The summed E-state index contributed by atoms with van der Waals surface area (Å²) in [6.45, 7) is 11.8. The minimum Gasteiger partial charge on any atom is -0.459 e. The number of rotatable bonds is 7. The van der Waals surface area contributed by atoms with E-state index in [1.54, 1.807) is 24.1 Å². The van der Waals surface area contributed by atoms with E-state index < -0.39 is 5.60 Å². The third kappa shape index (κ3) is 9.25. The molecule has 0 aliphatic carbocycles. The number of hydrogen-bond donors (Lipinski definition) is 2. The van der Waals surface area contributed by atoms with Crippen LogP contribution >= 0.6 is 24.0 Å². The second-order valence-electron chi connectivity index (χ2n) is 8.66. The normalized spacial score (nSPS) is 15.0. The SMILES string of the molecule is CCN(CC1CCN(C(=NC)NCCNC(=O)c2ccco2)CC1)C(=O)OC(C)(C)C.I. The van der Waals surface area contributed by atoms with Crippen molar-refractivity contribution in [2.24, 2.45) is 10.9 Å². The van der Waals surface area contributed by atoms with Crippen LogP contribution < -0.4 is 10.6 Å². The smallest absolute Gasteiger partial charge is 0.410 e. The molecule has 1 saturated heterocycles. The van der Waals surface area contributed by atoms with Gasteiger partial charge in [-0.2, -0.15) is 0 Å². The first kappa shape index (κ1) is 28.1. The number of nitrogens with one attached hydrogen (secondary N) is 2. The molecule has 0 bridgehead atoms. The van der Waals surface area contributed by atoms with Gasteiger partial charge in [-0.1, -0.05) is 0 Å². The van der Waals surface area contributed by atoms with Crippen molar-refractivity contribution in [1.82, 2.24) is 20.4 Å². The predicted molar refractivity (Wildman–Crippen MR) is 136 cm³/mol. The molecule has 2 rings (SSSR count). The summed E-state index contributed by atoms with van der Waals surface area (Å²) in [5.41, 5.74) is -0.483. The van der Waals surface area contributed by atoms with Crippen LogP contribution in [0.1, 0.15) is 51.1 Å². The second kappa shape index (κ2) is 13.5. The van der Waals surface area contributed by atoms with Crippen molar-refractivity contribution >= 4 is 41.9 Å². The number of nitrogens with zero attached hydrogens (tertiary/aromatic N) is 3. The number of hydrogen-bond acceptors (Lipinski definition) is 5. The average molecular weight is 563 g/mol. The van der Waals surface area contributed by atoms with E-state index in [4.69, 9.17) is 9.15 Å². The molecule has 0 spiro atoms. The lowest BCUT2D eigenvalue weighted by Crippen LogP contribution is -2.49. The van der Waals surface area contributed by atoms with Gasteiger partial charge < -0.3 is 29.6 Å². The lowest BCUT2D eigenvalue weighted by molar-refractivity contribution is 0.0214. The summed E-state index contributed by atoms with van der Waals surface area (Å²) in [4.78, 5) is 32.6. The lowest BCUT2D eigenvalue weighted by Gasteiger charge is -2.36. The third-order valence-corrected chi connectivity index (χ3v) is 5.08. The van der Waals surface area contributed by atoms with Crippen LogP contribution in [0.25, 0.3) is 0 Å². The number of piperidine rings is 1. The number of carbonyl (C=O) groups excluding carboxylic acids is 2. The molecule has 2 amide bonds. The molecule has 0 saturated carbocycles. The Morgan fingerprint density at radius 3 is 2.44 bits per heavy atom. The van der Waals surface area contributed by atoms with E-state index >= 15 is 0 Å². The van der Waals surface area contributed by atoms with E-state index in [0.717, 1.165) is 31.9 Å². The molecule has 1 aliphatic rings. The lowest BCUT2D eigenvalue weighted by atomic mass is 9.96. The molecule has 182 valence electrons. The van der Waals surface area contributed by atoms with Gasteiger partial charge in [0.25, 0.3) is 5.91 Å². The van der Waals surface area contributed by atoms with Crippen molar-refractivity contribution < 1.29 is 18.7 Å². The number of furan rings is 1. The Bertz CT molecular complexity index is 725. The molecule has 32 heavy (non-hydrogen) atoms. The molecule has 0 atom stereocenters. The fraction of sp³-hybridized carbons (Fsp3) is 0.682. The zero-order valence-corrected chi connectivity index (χ0v) is 22.2. The van der Waals surface area contributed by atoms with Gasteiger partial charge in [-0.25, -0.2) is 4.79 Å². The highest BCUT2D eigenvalue weighted by Crippen LogP contribution is 2.20. The number of amides is 2. The molecule has 2 heterocycles. The van der Waals surface area contributed by atoms with Gasteiger partial charge in [0, 0.05) is 46.3 Å². The van der Waals surface area contributed by atoms with Crippen molar-refractivity contribution in [2.75, 3.05) is 46.3 Å². The zero-order valence-electron chi connectivity index (χ0n) is 19.8. The topological polar surface area (TPSA) is 99.4 Å². The standard InChI is InChI=1S/C22H37N5O4.HI/c1-6-26(21(29)31-22(2,3)4)16-17-9-13-27(14-10-17)20(23-5)25-12-11-24-19(28)18-8-7-15-30-18;/h7-8,15,17H,6,9-14,16H2,1-5H3,(H,23,25)(H,24,28);1H. The zero-order chi connectivity index (χ0) is 22.9. The van der Waals surface area contributed by atoms with Crippen LogP contribution in [0, 0.1) is 5.92 Å². The van der Waals surface area contributed by atoms with Crippen molar-refractivity contribution in [3.8, 4) is 0 Å². The number of guanidine groups is 1. The number of halogens is 1. The summed E-state index contributed by atoms with van der Waals surface area (Å²) >= 11 is 0. The van der Waals surface area contributed by atoms with Gasteiger partial charge in [0.1, 0.15) is 5.60 Å². The molecular formula is C22H38IN5O4. The van der Waals surface area contributed by atoms with Crippen molar-refractivity contribution in [1.29, 1.82) is 0 Å². The number of ether oxygens (including phenoxy) is 1. The minimum absolute atomic E-state index is 0. The van der Waals surface area contributed by atoms with E-state index in [-0.39, 0.29) is 36.0 Å². The van der Waals surface area contributed by atoms with Gasteiger partial charge in [0.15, 0.2) is 11.7 Å². The number of carbonyl (C=O) groups is 2. The molecule has 10 heteroatoms. The molecule has 1 fully saturated rings. The highest BCUT2D eigenvalue weighted by molar-refractivity contribution is 14.0. The van der Waals surface area contributed by atoms with Gasteiger partial charge in [0.2, 0.25) is 0 Å². The van der Waals surface area contributed by atoms with Crippen LogP contribution in [0.3, 0.4) is 0 Å². The summed E-state index contributed by atoms with van der Waals surface area (Å²) in [5.74, 6) is 1.34. The van der Waals surface area contributed by atoms with Crippen molar-refractivity contribution in [3.05, 3.63) is 24.2 Å². The fourth-order valence-corrected chi connectivity index (χ4v) is 3.48. The first-order chi connectivity index (χ1) is 14.7. The minimum atomic E-state index is -0.483. The molecule has 1 aromatic heterocycles. The Morgan fingerprint density at radius 1 is 1.25 bits per heavy atom. The second-order valence-corrected chi connectivity index (χ2v) is 8.66. The molecule has 2 N–H and O–H groups in total. The van der Waals surface area contributed by atoms with E-state index in [2.05, 4.69) is 20.5 Å². The Balaban J connectivity index is 0.00000512. The van der Waals surface area contributed by atoms with E-state index in [0.29, 0.717) is 37.9 Å². The maximum Gasteiger partial charge on any atom is 0.410 e. The van der Waals surface area contributed by atoms with Crippen LogP contribution in [-0.4, -0.2) is 79.7 Å². The van der Waals surface area contributed by atoms with E-state index in [1.165, 1.54) is 6.26 Å². The highest BCUT2D eigenvalue weighted by atomic mass is 127. The predicted octanol–water partition coefficient (Wildman–Crippen LogP) is 3.17. The van der Waals surface area contributed by atoms with Crippen molar-refractivity contribution in [2.45, 2.75) is 46.1 Å². The first-order valence-electron chi connectivity index (χ1n) is 11.0. The average Bonchev–Trinajstić information content (AvgIpc) is 3.26. The Hall–Kier alpha value is -1.98. The van der Waals surface area contributed by atoms with Crippen LogP contribution in [0.5, 0.6) is 0 Å². The Morgan fingerprint density at radius 2 is 1.91 bits per heavy atom. The summed E-state index contributed by atoms with van der Waals surface area (Å²) in [6.07, 6.45) is 3.20. The quantitative estimate of drug-likeness (QED) is 0.229. The van der Waals surface area contributed by atoms with E-state index in [1.807, 2.05) is 27.7 Å². The number of likely N-dealkylation sites (tertiary alicyclic amines) is 1. The summed E-state index contributed by atoms with van der Waals surface area (Å²) in [5, 5.41) is 6.11. The number of aliphatic imine (C=N–C) groups is 1. The molecule has 0 radical (unpaired) electrons. The molecule has 0 unspecified atom stereocenters. The molecule has 9 nitrogen and oxygen atoms in total. The summed E-state index contributed by atoms with van der Waals surface area (Å²) in [7, 11) is 1.76. The van der Waals surface area contributed by atoms with Crippen LogP contribution in [0.4, 0.5) is 4.79 Å². The molecule has 0 aromatic carbocycles. The summed E-state index contributed by atoms with van der Waals surface area (Å²) in [6, 6.07) is 3.32. The van der Waals surface area contributed by atoms with Crippen LogP contribution in [-0.2, 0) is 4.74 Å². The first-order valence-corrected chi connectivity index (χ1v) is 11.0.